The minimum atomic E-state index is -0.782. The van der Waals surface area contributed by atoms with Crippen LogP contribution < -0.4 is 14.4 Å². The molecule has 1 aromatic carbocycles. The fourth-order valence-corrected chi connectivity index (χ4v) is 2.67. The maximum absolute atomic E-state index is 11.3. The molecule has 6 heteroatoms. The lowest BCUT2D eigenvalue weighted by Crippen LogP contribution is -2.35. The first kappa shape index (κ1) is 16.4. The zero-order valence-corrected chi connectivity index (χ0v) is 13.1. The molecule has 22 heavy (non-hydrogen) atoms. The molecule has 0 radical (unpaired) electrons. The fraction of sp³-hybridized carbons (Fsp3) is 0.562. The highest BCUT2D eigenvalue weighted by molar-refractivity contribution is 5.79. The van der Waals surface area contributed by atoms with Gasteiger partial charge in [-0.2, -0.15) is 0 Å². The van der Waals surface area contributed by atoms with Gasteiger partial charge in [0.05, 0.1) is 13.7 Å². The molecule has 0 bridgehead atoms. The number of carbonyl (C=O) groups is 1. The van der Waals surface area contributed by atoms with E-state index in [2.05, 4.69) is 0 Å². The van der Waals surface area contributed by atoms with Crippen molar-refractivity contribution in [2.24, 2.45) is 0 Å². The third-order valence-electron chi connectivity index (χ3n) is 3.77. The Morgan fingerprint density at radius 3 is 2.82 bits per heavy atom. The van der Waals surface area contributed by atoms with Crippen LogP contribution in [0.3, 0.4) is 0 Å². The third-order valence-corrected chi connectivity index (χ3v) is 3.77. The normalized spacial score (nSPS) is 17.5. The summed E-state index contributed by atoms with van der Waals surface area (Å²) in [7, 11) is 3.24. The summed E-state index contributed by atoms with van der Waals surface area (Å²) >= 11 is 0. The van der Waals surface area contributed by atoms with Crippen LogP contribution in [0.25, 0.3) is 0 Å². The Morgan fingerprint density at radius 2 is 2.14 bits per heavy atom. The minimum Gasteiger partial charge on any atom is -0.493 e. The molecule has 1 heterocycles. The van der Waals surface area contributed by atoms with Gasteiger partial charge >= 0.3 is 5.97 Å². The first-order valence-corrected chi connectivity index (χ1v) is 7.46. The van der Waals surface area contributed by atoms with Crippen molar-refractivity contribution in [1.82, 2.24) is 0 Å². The van der Waals surface area contributed by atoms with Crippen LogP contribution in [0, 0.1) is 0 Å². The van der Waals surface area contributed by atoms with Gasteiger partial charge in [0.1, 0.15) is 6.04 Å². The maximum Gasteiger partial charge on any atom is 0.326 e. The number of methoxy groups -OCH3 is 2. The largest absolute Gasteiger partial charge is 0.493 e. The van der Waals surface area contributed by atoms with Crippen molar-refractivity contribution in [3.63, 3.8) is 0 Å². The molecule has 0 aliphatic carbocycles. The van der Waals surface area contributed by atoms with Crippen LogP contribution in [-0.2, 0) is 9.53 Å². The molecule has 1 aliphatic heterocycles. The van der Waals surface area contributed by atoms with E-state index in [4.69, 9.17) is 14.2 Å². The first-order valence-electron chi connectivity index (χ1n) is 7.46. The monoisotopic (exact) mass is 309 g/mol. The second-order valence-electron chi connectivity index (χ2n) is 5.22. The summed E-state index contributed by atoms with van der Waals surface area (Å²) in [5.74, 6) is 0.496. The molecule has 0 spiro atoms. The second kappa shape index (κ2) is 7.89. The predicted molar refractivity (Wildman–Crippen MR) is 83.0 cm³/mol. The molecular formula is C16H23NO5. The Balaban J connectivity index is 2.13. The minimum absolute atomic E-state index is 0.463. The summed E-state index contributed by atoms with van der Waals surface area (Å²) in [6.07, 6.45) is 2.34. The topological polar surface area (TPSA) is 68.2 Å². The predicted octanol–water partition coefficient (Wildman–Crippen LogP) is 2.16. The van der Waals surface area contributed by atoms with Gasteiger partial charge in [-0.15, -0.1) is 0 Å². The molecule has 1 saturated heterocycles. The Hall–Kier alpha value is -1.95. The summed E-state index contributed by atoms with van der Waals surface area (Å²) < 4.78 is 16.0. The summed E-state index contributed by atoms with van der Waals surface area (Å²) in [6.45, 7) is 1.90. The van der Waals surface area contributed by atoms with Crippen molar-refractivity contribution in [2.75, 3.05) is 38.9 Å². The van der Waals surface area contributed by atoms with Crippen molar-refractivity contribution in [3.8, 4) is 11.5 Å². The lowest BCUT2D eigenvalue weighted by molar-refractivity contribution is -0.138. The quantitative estimate of drug-likeness (QED) is 0.742. The van der Waals surface area contributed by atoms with E-state index in [0.29, 0.717) is 31.1 Å². The van der Waals surface area contributed by atoms with Crippen LogP contribution in [-0.4, -0.2) is 51.1 Å². The van der Waals surface area contributed by atoms with Crippen molar-refractivity contribution >= 4 is 11.7 Å². The van der Waals surface area contributed by atoms with Gasteiger partial charge < -0.3 is 24.2 Å². The standard InChI is InChI=1S/C16H23NO5/c1-20-9-4-10-22-15-11-12(6-7-14(15)21-2)17-8-3-5-13(17)16(18)19/h6-7,11,13H,3-5,8-10H2,1-2H3,(H,18,19). The van der Waals surface area contributed by atoms with Gasteiger partial charge in [0, 0.05) is 38.4 Å². The first-order chi connectivity index (χ1) is 10.7. The molecule has 1 aromatic rings. The number of nitrogens with zero attached hydrogens (tertiary/aromatic N) is 1. The van der Waals surface area contributed by atoms with Crippen molar-refractivity contribution in [1.29, 1.82) is 0 Å². The van der Waals surface area contributed by atoms with Crippen LogP contribution in [0.5, 0.6) is 11.5 Å². The van der Waals surface area contributed by atoms with E-state index < -0.39 is 12.0 Å². The molecule has 0 saturated carbocycles. The van der Waals surface area contributed by atoms with Crippen LogP contribution in [0.2, 0.25) is 0 Å². The van der Waals surface area contributed by atoms with E-state index in [1.807, 2.05) is 23.1 Å². The molecule has 0 aromatic heterocycles. The van der Waals surface area contributed by atoms with E-state index in [1.165, 1.54) is 0 Å². The molecular weight excluding hydrogens is 286 g/mol. The molecule has 2 rings (SSSR count). The number of benzene rings is 1. The van der Waals surface area contributed by atoms with E-state index in [9.17, 15) is 9.90 Å². The van der Waals surface area contributed by atoms with Crippen molar-refractivity contribution in [2.45, 2.75) is 25.3 Å². The molecule has 1 aliphatic rings. The molecule has 1 atom stereocenters. The fourth-order valence-electron chi connectivity index (χ4n) is 2.67. The average molecular weight is 309 g/mol. The van der Waals surface area contributed by atoms with Gasteiger partial charge in [-0.05, 0) is 25.0 Å². The van der Waals surface area contributed by atoms with Gasteiger partial charge in [-0.3, -0.25) is 0 Å². The van der Waals surface area contributed by atoms with Gasteiger partial charge in [0.15, 0.2) is 11.5 Å². The zero-order valence-electron chi connectivity index (χ0n) is 13.1. The number of anilines is 1. The number of aliphatic carboxylic acids is 1. The third kappa shape index (κ3) is 3.82. The van der Waals surface area contributed by atoms with E-state index in [1.54, 1.807) is 14.2 Å². The summed E-state index contributed by atoms with van der Waals surface area (Å²) in [4.78, 5) is 13.2. The van der Waals surface area contributed by atoms with Gasteiger partial charge in [0.25, 0.3) is 0 Å². The number of rotatable bonds is 8. The number of hydrogen-bond donors (Lipinski definition) is 1. The second-order valence-corrected chi connectivity index (χ2v) is 5.22. The number of carboxylic acids is 1. The Morgan fingerprint density at radius 1 is 1.32 bits per heavy atom. The highest BCUT2D eigenvalue weighted by Crippen LogP contribution is 2.34. The Kier molecular flexibility index (Phi) is 5.89. The molecule has 6 nitrogen and oxygen atoms in total. The van der Waals surface area contributed by atoms with Crippen molar-refractivity contribution < 1.29 is 24.1 Å². The Labute approximate surface area is 130 Å². The van der Waals surface area contributed by atoms with Crippen LogP contribution >= 0.6 is 0 Å². The van der Waals surface area contributed by atoms with Gasteiger partial charge in [-0.25, -0.2) is 4.79 Å². The summed E-state index contributed by atoms with van der Waals surface area (Å²) in [6, 6.07) is 5.09. The maximum atomic E-state index is 11.3. The van der Waals surface area contributed by atoms with Crippen LogP contribution in [0.15, 0.2) is 18.2 Å². The smallest absolute Gasteiger partial charge is 0.326 e. The van der Waals surface area contributed by atoms with Gasteiger partial charge in [0.2, 0.25) is 0 Å². The van der Waals surface area contributed by atoms with E-state index in [-0.39, 0.29) is 0 Å². The highest BCUT2D eigenvalue weighted by Gasteiger charge is 2.31. The summed E-state index contributed by atoms with van der Waals surface area (Å²) in [5.41, 5.74) is 0.854. The zero-order chi connectivity index (χ0) is 15.9. The summed E-state index contributed by atoms with van der Waals surface area (Å²) in [5, 5.41) is 9.30. The van der Waals surface area contributed by atoms with Crippen LogP contribution in [0.4, 0.5) is 5.69 Å². The average Bonchev–Trinajstić information content (AvgIpc) is 3.01. The van der Waals surface area contributed by atoms with Crippen molar-refractivity contribution in [3.05, 3.63) is 18.2 Å². The molecule has 122 valence electrons. The number of ether oxygens (including phenoxy) is 3. The lowest BCUT2D eigenvalue weighted by atomic mass is 10.2. The number of carboxylic acid groups (broad SMARTS) is 1. The highest BCUT2D eigenvalue weighted by atomic mass is 16.5. The van der Waals surface area contributed by atoms with Crippen LogP contribution in [0.1, 0.15) is 19.3 Å². The Bertz CT molecular complexity index is 505. The van der Waals surface area contributed by atoms with E-state index >= 15 is 0 Å². The SMILES string of the molecule is COCCCOc1cc(N2CCCC2C(=O)O)ccc1OC. The lowest BCUT2D eigenvalue weighted by Gasteiger charge is -2.24. The molecule has 1 N–H and O–H groups in total. The molecule has 1 unspecified atom stereocenters. The molecule has 1 fully saturated rings. The molecule has 0 amide bonds. The van der Waals surface area contributed by atoms with E-state index in [0.717, 1.165) is 25.1 Å². The number of hydrogen-bond acceptors (Lipinski definition) is 5. The van der Waals surface area contributed by atoms with Gasteiger partial charge in [-0.1, -0.05) is 0 Å².